The molecule has 4 N–H and O–H groups in total. The van der Waals surface area contributed by atoms with Gasteiger partial charge < -0.3 is 30.0 Å². The number of hydrogen-bond acceptors (Lipinski definition) is 9. The maximum absolute atomic E-state index is 14.9. The Morgan fingerprint density at radius 2 is 2.00 bits per heavy atom. The lowest BCUT2D eigenvalue weighted by molar-refractivity contribution is -0.286. The third-order valence-corrected chi connectivity index (χ3v) is 7.55. The predicted molar refractivity (Wildman–Crippen MR) is 127 cm³/mol. The molecule has 204 valence electrons. The average molecular weight is 559 g/mol. The largest absolute Gasteiger partial charge is 0.586 e. The zero-order valence-electron chi connectivity index (χ0n) is 19.7. The number of fused-ring (bicyclic) bond motifs is 2. The number of aliphatic hydroxyl groups excluding tert-OH is 2. The number of nitrogens with zero attached hydrogens (tertiary/aromatic N) is 2. The van der Waals surface area contributed by atoms with E-state index in [1.54, 1.807) is 11.8 Å². The van der Waals surface area contributed by atoms with Crippen molar-refractivity contribution in [2.24, 2.45) is 0 Å². The highest BCUT2D eigenvalue weighted by atomic mass is 32.1. The highest BCUT2D eigenvalue weighted by Crippen LogP contribution is 2.45. The van der Waals surface area contributed by atoms with E-state index >= 15 is 0 Å². The second-order valence-corrected chi connectivity index (χ2v) is 10.1. The Labute approximate surface area is 215 Å². The molecule has 5 rings (SSSR count). The van der Waals surface area contributed by atoms with Gasteiger partial charge in [-0.05, 0) is 18.6 Å². The van der Waals surface area contributed by atoms with E-state index in [1.807, 2.05) is 0 Å². The van der Waals surface area contributed by atoms with Crippen LogP contribution in [0, 0.1) is 0 Å². The average Bonchev–Trinajstić information content (AvgIpc) is 3.38. The Balaban J connectivity index is 1.31. The number of piperidine rings is 1. The number of pyridine rings is 1. The highest BCUT2D eigenvalue weighted by Gasteiger charge is 2.47. The van der Waals surface area contributed by atoms with E-state index in [2.05, 4.69) is 24.8 Å². The Bertz CT molecular complexity index is 1400. The molecule has 10 nitrogen and oxygen atoms in total. The van der Waals surface area contributed by atoms with Crippen LogP contribution in [0.2, 0.25) is 0 Å². The van der Waals surface area contributed by atoms with Crippen molar-refractivity contribution in [2.75, 3.05) is 25.0 Å². The molecule has 3 aromatic rings. The van der Waals surface area contributed by atoms with E-state index in [0.29, 0.717) is 10.2 Å². The molecule has 0 spiro atoms. The second-order valence-electron chi connectivity index (χ2n) is 9.09. The molecule has 15 heteroatoms. The van der Waals surface area contributed by atoms with Crippen LogP contribution in [0.4, 0.5) is 22.7 Å². The first kappa shape index (κ1) is 26.3. The van der Waals surface area contributed by atoms with E-state index in [0.717, 1.165) is 23.6 Å². The minimum Gasteiger partial charge on any atom is -0.395 e. The van der Waals surface area contributed by atoms with Crippen molar-refractivity contribution in [1.29, 1.82) is 0 Å². The molecule has 1 saturated heterocycles. The Morgan fingerprint density at radius 1 is 1.29 bits per heavy atom. The molecule has 0 radical (unpaired) electrons. The number of amides is 1. The molecule has 0 saturated carbocycles. The van der Waals surface area contributed by atoms with Crippen LogP contribution in [-0.2, 0) is 4.79 Å². The second kappa shape index (κ2) is 9.48. The number of likely N-dealkylation sites (tertiary alicyclic amines) is 1. The van der Waals surface area contributed by atoms with Gasteiger partial charge in [0.05, 0.1) is 28.8 Å². The SMILES string of the molecule is CC(C(=O)Nc1nc2cc3c(cc2s1)OC(F)(F)O3)N1CCC(F)(F)C(c2c[nH]c(=O)c(C(O)CO)c2)C1. The van der Waals surface area contributed by atoms with Gasteiger partial charge in [-0.3, -0.25) is 14.5 Å². The summed E-state index contributed by atoms with van der Waals surface area (Å²) in [6.45, 7) is 0.494. The maximum Gasteiger partial charge on any atom is 0.586 e. The van der Waals surface area contributed by atoms with E-state index in [9.17, 15) is 37.4 Å². The lowest BCUT2D eigenvalue weighted by Gasteiger charge is -2.40. The van der Waals surface area contributed by atoms with Crippen LogP contribution in [0.25, 0.3) is 10.2 Å². The molecule has 3 unspecified atom stereocenters. The molecule has 0 bridgehead atoms. The van der Waals surface area contributed by atoms with Crippen molar-refractivity contribution >= 4 is 32.6 Å². The summed E-state index contributed by atoms with van der Waals surface area (Å²) in [6.07, 6.45) is -4.70. The van der Waals surface area contributed by atoms with Crippen LogP contribution in [0.1, 0.15) is 36.5 Å². The molecule has 4 heterocycles. The monoisotopic (exact) mass is 558 g/mol. The minimum absolute atomic E-state index is 0.0589. The van der Waals surface area contributed by atoms with Crippen LogP contribution >= 0.6 is 11.3 Å². The standard InChI is InChI=1S/C23H22F4N4O6S/c1-10(19(34)30-21-29-14-5-16-17(6-18(14)38-21)37-23(26,27)36-16)31-3-2-22(24,25)13(8-31)11-4-12(15(33)9-32)20(35)28-7-11/h4-7,10,13,15,32-33H,2-3,8-9H2,1H3,(H,28,35)(H,29,30,34). The van der Waals surface area contributed by atoms with Crippen LogP contribution < -0.4 is 20.3 Å². The molecule has 1 fully saturated rings. The fourth-order valence-electron chi connectivity index (χ4n) is 4.49. The van der Waals surface area contributed by atoms with Crippen molar-refractivity contribution < 1.29 is 42.0 Å². The van der Waals surface area contributed by atoms with Crippen molar-refractivity contribution in [3.05, 3.63) is 45.9 Å². The lowest BCUT2D eigenvalue weighted by Crippen LogP contribution is -2.52. The summed E-state index contributed by atoms with van der Waals surface area (Å²) in [6, 6.07) is 2.89. The Kier molecular flexibility index (Phi) is 6.57. The zero-order valence-corrected chi connectivity index (χ0v) is 20.5. The van der Waals surface area contributed by atoms with Crippen molar-refractivity contribution in [3.63, 3.8) is 0 Å². The van der Waals surface area contributed by atoms with Crippen LogP contribution in [-0.4, -0.2) is 68.9 Å². The van der Waals surface area contributed by atoms with Crippen molar-refractivity contribution in [3.8, 4) is 11.5 Å². The Hall–Kier alpha value is -3.27. The molecular formula is C23H22F4N4O6S. The topological polar surface area (TPSA) is 137 Å². The quantitative estimate of drug-likeness (QED) is 0.339. The number of carbonyl (C=O) groups is 1. The number of carbonyl (C=O) groups excluding carboxylic acids is 1. The van der Waals surface area contributed by atoms with Gasteiger partial charge in [0.1, 0.15) is 6.10 Å². The predicted octanol–water partition coefficient (Wildman–Crippen LogP) is 2.78. The summed E-state index contributed by atoms with van der Waals surface area (Å²) >= 11 is 1.02. The van der Waals surface area contributed by atoms with Crippen molar-refractivity contribution in [2.45, 2.75) is 43.6 Å². The van der Waals surface area contributed by atoms with Gasteiger partial charge in [0, 0.05) is 43.4 Å². The number of rotatable bonds is 6. The number of aromatic nitrogens is 2. The number of alkyl halides is 4. The molecule has 38 heavy (non-hydrogen) atoms. The first-order chi connectivity index (χ1) is 17.9. The van der Waals surface area contributed by atoms with Gasteiger partial charge in [0.2, 0.25) is 5.91 Å². The first-order valence-electron chi connectivity index (χ1n) is 11.5. The number of aromatic amines is 1. The normalized spacial score (nSPS) is 21.8. The number of benzene rings is 1. The Morgan fingerprint density at radius 3 is 2.71 bits per heavy atom. The van der Waals surface area contributed by atoms with E-state index < -0.39 is 54.8 Å². The van der Waals surface area contributed by atoms with Crippen LogP contribution in [0.15, 0.2) is 29.2 Å². The maximum atomic E-state index is 14.9. The number of halogens is 4. The van der Waals surface area contributed by atoms with E-state index in [1.165, 1.54) is 12.1 Å². The van der Waals surface area contributed by atoms with Gasteiger partial charge in [-0.1, -0.05) is 11.3 Å². The number of hydrogen-bond donors (Lipinski definition) is 4. The molecule has 2 aliphatic rings. The lowest BCUT2D eigenvalue weighted by atomic mass is 9.86. The smallest absolute Gasteiger partial charge is 0.395 e. The molecule has 3 atom stereocenters. The minimum atomic E-state index is -3.77. The van der Waals surface area contributed by atoms with Crippen LogP contribution in [0.3, 0.4) is 0 Å². The van der Waals surface area contributed by atoms with Gasteiger partial charge in [-0.2, -0.15) is 0 Å². The van der Waals surface area contributed by atoms with E-state index in [4.69, 9.17) is 0 Å². The number of H-pyrrole nitrogens is 1. The number of thiazole rings is 1. The molecule has 2 aliphatic heterocycles. The van der Waals surface area contributed by atoms with Gasteiger partial charge in [-0.25, -0.2) is 13.8 Å². The van der Waals surface area contributed by atoms with Gasteiger partial charge in [-0.15, -0.1) is 8.78 Å². The van der Waals surface area contributed by atoms with Gasteiger partial charge in [0.15, 0.2) is 16.6 Å². The molecule has 1 amide bonds. The summed E-state index contributed by atoms with van der Waals surface area (Å²) in [5.41, 5.74) is -0.574. The molecule has 1 aromatic carbocycles. The fourth-order valence-corrected chi connectivity index (χ4v) is 5.37. The third-order valence-electron chi connectivity index (χ3n) is 6.62. The fraction of sp³-hybridized carbons (Fsp3) is 0.435. The van der Waals surface area contributed by atoms with E-state index in [-0.39, 0.29) is 40.8 Å². The number of nitrogens with one attached hydrogen (secondary N) is 2. The molecular weight excluding hydrogens is 536 g/mol. The third kappa shape index (κ3) is 4.93. The van der Waals surface area contributed by atoms with Gasteiger partial charge in [0.25, 0.3) is 11.5 Å². The summed E-state index contributed by atoms with van der Waals surface area (Å²) < 4.78 is 65.7. The first-order valence-corrected chi connectivity index (χ1v) is 12.3. The summed E-state index contributed by atoms with van der Waals surface area (Å²) in [5.74, 6) is -5.40. The summed E-state index contributed by atoms with van der Waals surface area (Å²) in [5, 5.41) is 21.8. The van der Waals surface area contributed by atoms with Crippen LogP contribution in [0.5, 0.6) is 11.5 Å². The summed E-state index contributed by atoms with van der Waals surface area (Å²) in [4.78, 5) is 33.1. The molecule has 0 aliphatic carbocycles. The van der Waals surface area contributed by atoms with Crippen molar-refractivity contribution in [1.82, 2.24) is 14.9 Å². The molecule has 2 aromatic heterocycles. The number of ether oxygens (including phenoxy) is 2. The van der Waals surface area contributed by atoms with Gasteiger partial charge >= 0.3 is 6.29 Å². The zero-order chi connectivity index (χ0) is 27.4. The highest BCUT2D eigenvalue weighted by molar-refractivity contribution is 7.22. The number of anilines is 1. The summed E-state index contributed by atoms with van der Waals surface area (Å²) in [7, 11) is 0. The number of aliphatic hydroxyl groups is 2.